The van der Waals surface area contributed by atoms with Crippen LogP contribution in [0.25, 0.3) is 0 Å². The molecular weight excluding hydrogens is 190 g/mol. The topological polar surface area (TPSA) is 22.1 Å². The van der Waals surface area contributed by atoms with Crippen molar-refractivity contribution in [2.75, 3.05) is 0 Å². The van der Waals surface area contributed by atoms with E-state index in [0.717, 1.165) is 12.3 Å². The molecule has 0 radical (unpaired) electrons. The van der Waals surface area contributed by atoms with E-state index in [4.69, 9.17) is 0 Å². The van der Waals surface area contributed by atoms with E-state index >= 15 is 0 Å². The Labute approximate surface area is 71.2 Å². The van der Waals surface area contributed by atoms with Crippen molar-refractivity contribution in [2.45, 2.75) is 13.0 Å². The maximum atomic E-state index is 11.9. The number of hydrogen-bond donors (Lipinski definition) is 0. The maximum absolute atomic E-state index is 11.9. The van der Waals surface area contributed by atoms with Crippen molar-refractivity contribution in [1.29, 1.82) is 0 Å². The number of hydrogen-bond acceptors (Lipinski definition) is 2. The van der Waals surface area contributed by atoms with E-state index < -0.39 is 18.9 Å². The molecule has 0 aliphatic carbocycles. The van der Waals surface area contributed by atoms with Crippen LogP contribution in [0.2, 0.25) is 0 Å². The van der Waals surface area contributed by atoms with Crippen LogP contribution in [0.1, 0.15) is 5.56 Å². The van der Waals surface area contributed by atoms with Crippen molar-refractivity contribution >= 4 is 0 Å². The molecule has 2 nitrogen and oxygen atoms in total. The normalized spacial score (nSPS) is 11.4. The van der Waals surface area contributed by atoms with Gasteiger partial charge in [0, 0.05) is 17.8 Å². The average Bonchev–Trinajstić information content (AvgIpc) is 2.03. The largest absolute Gasteiger partial charge is 0.574 e. The fourth-order valence-electron chi connectivity index (χ4n) is 0.669. The van der Waals surface area contributed by atoms with Gasteiger partial charge in [-0.05, 0) is 6.07 Å². The van der Waals surface area contributed by atoms with Gasteiger partial charge in [-0.2, -0.15) is 0 Å². The molecule has 0 aromatic carbocycles. The Kier molecular flexibility index (Phi) is 2.69. The minimum Gasteiger partial charge on any atom is -0.388 e. The van der Waals surface area contributed by atoms with Crippen LogP contribution in [0, 0.1) is 0 Å². The minimum atomic E-state index is -4.76. The van der Waals surface area contributed by atoms with Gasteiger partial charge in [0.05, 0.1) is 0 Å². The third kappa shape index (κ3) is 3.27. The lowest BCUT2D eigenvalue weighted by molar-refractivity contribution is -0.276. The molecule has 6 heteroatoms. The van der Waals surface area contributed by atoms with Crippen molar-refractivity contribution < 1.29 is 22.3 Å². The van der Waals surface area contributed by atoms with Gasteiger partial charge in [0.1, 0.15) is 6.67 Å². The Bertz CT molecular complexity index is 269. The van der Waals surface area contributed by atoms with Crippen LogP contribution in [0.15, 0.2) is 18.3 Å². The highest BCUT2D eigenvalue weighted by Crippen LogP contribution is 2.20. The molecule has 0 bridgehead atoms. The van der Waals surface area contributed by atoms with Gasteiger partial charge in [0.25, 0.3) is 0 Å². The fraction of sp³-hybridized carbons (Fsp3) is 0.286. The zero-order chi connectivity index (χ0) is 9.90. The van der Waals surface area contributed by atoms with Crippen LogP contribution in [0.3, 0.4) is 0 Å². The quantitative estimate of drug-likeness (QED) is 0.676. The second kappa shape index (κ2) is 3.59. The lowest BCUT2D eigenvalue weighted by atomic mass is 10.3. The predicted molar refractivity (Wildman–Crippen MR) is 35.7 cm³/mol. The molecule has 0 spiro atoms. The van der Waals surface area contributed by atoms with Crippen molar-refractivity contribution in [3.8, 4) is 5.88 Å². The second-order valence-electron chi connectivity index (χ2n) is 2.19. The Morgan fingerprint density at radius 3 is 2.38 bits per heavy atom. The predicted octanol–water partition coefficient (Wildman–Crippen LogP) is 2.45. The van der Waals surface area contributed by atoms with E-state index in [2.05, 4.69) is 9.72 Å². The van der Waals surface area contributed by atoms with Gasteiger partial charge in [-0.25, -0.2) is 9.37 Å². The summed E-state index contributed by atoms with van der Waals surface area (Å²) in [5.74, 6) is -0.593. The van der Waals surface area contributed by atoms with Crippen LogP contribution < -0.4 is 4.74 Å². The first-order chi connectivity index (χ1) is 6.01. The van der Waals surface area contributed by atoms with E-state index in [0.29, 0.717) is 0 Å². The van der Waals surface area contributed by atoms with E-state index in [-0.39, 0.29) is 5.56 Å². The number of ether oxygens (including phenoxy) is 1. The molecular formula is C7H5F4NO. The Hall–Kier alpha value is -1.33. The molecule has 0 N–H and O–H groups in total. The summed E-state index contributed by atoms with van der Waals surface area (Å²) in [5.41, 5.74) is 0.203. The molecule has 0 unspecified atom stereocenters. The number of nitrogens with zero attached hydrogens (tertiary/aromatic N) is 1. The molecule has 1 aromatic heterocycles. The summed E-state index contributed by atoms with van der Waals surface area (Å²) in [4.78, 5) is 3.25. The smallest absolute Gasteiger partial charge is 0.388 e. The van der Waals surface area contributed by atoms with Gasteiger partial charge in [0.15, 0.2) is 0 Å². The Balaban J connectivity index is 2.70. The van der Waals surface area contributed by atoms with Gasteiger partial charge in [-0.1, -0.05) is 0 Å². The van der Waals surface area contributed by atoms with Crippen LogP contribution in [-0.2, 0) is 6.67 Å². The summed E-state index contributed by atoms with van der Waals surface area (Å²) in [6.45, 7) is -0.765. The van der Waals surface area contributed by atoms with Gasteiger partial charge in [0.2, 0.25) is 5.88 Å². The molecule has 0 saturated carbocycles. The summed E-state index contributed by atoms with van der Waals surface area (Å²) < 4.78 is 50.1. The number of aromatic nitrogens is 1. The highest BCUT2D eigenvalue weighted by molar-refractivity contribution is 5.17. The summed E-state index contributed by atoms with van der Waals surface area (Å²) in [6, 6.07) is 2.14. The van der Waals surface area contributed by atoms with Crippen molar-refractivity contribution in [1.82, 2.24) is 4.98 Å². The first-order valence-electron chi connectivity index (χ1n) is 3.28. The monoisotopic (exact) mass is 195 g/mol. The van der Waals surface area contributed by atoms with Crippen molar-refractivity contribution in [2.24, 2.45) is 0 Å². The number of pyridine rings is 1. The van der Waals surface area contributed by atoms with Crippen LogP contribution in [0.5, 0.6) is 5.88 Å². The minimum absolute atomic E-state index is 0.203. The SMILES string of the molecule is FCc1ccc(OC(F)(F)F)nc1. The van der Waals surface area contributed by atoms with Gasteiger partial charge < -0.3 is 4.74 Å². The molecule has 0 amide bonds. The van der Waals surface area contributed by atoms with Crippen molar-refractivity contribution in [3.63, 3.8) is 0 Å². The maximum Gasteiger partial charge on any atom is 0.574 e. The van der Waals surface area contributed by atoms with Gasteiger partial charge in [-0.3, -0.25) is 0 Å². The third-order valence-electron chi connectivity index (χ3n) is 1.17. The summed E-state index contributed by atoms with van der Waals surface area (Å²) in [7, 11) is 0. The Morgan fingerprint density at radius 1 is 1.31 bits per heavy atom. The number of rotatable bonds is 2. The van der Waals surface area contributed by atoms with E-state index in [9.17, 15) is 17.6 Å². The molecule has 1 heterocycles. The molecule has 0 fully saturated rings. The molecule has 1 aromatic rings. The molecule has 1 rings (SSSR count). The average molecular weight is 195 g/mol. The van der Waals surface area contributed by atoms with Crippen LogP contribution in [-0.4, -0.2) is 11.3 Å². The molecule has 72 valence electrons. The zero-order valence-corrected chi connectivity index (χ0v) is 6.31. The van der Waals surface area contributed by atoms with Gasteiger partial charge >= 0.3 is 6.36 Å². The highest BCUT2D eigenvalue weighted by Gasteiger charge is 2.31. The third-order valence-corrected chi connectivity index (χ3v) is 1.17. The number of halogens is 4. The fourth-order valence-corrected chi connectivity index (χ4v) is 0.669. The van der Waals surface area contributed by atoms with Crippen LogP contribution in [0.4, 0.5) is 17.6 Å². The molecule has 0 atom stereocenters. The lowest BCUT2D eigenvalue weighted by Gasteiger charge is -2.07. The molecule has 0 saturated heterocycles. The first-order valence-corrected chi connectivity index (χ1v) is 3.28. The van der Waals surface area contributed by atoms with E-state index in [1.165, 1.54) is 6.07 Å². The zero-order valence-electron chi connectivity index (χ0n) is 6.31. The first kappa shape index (κ1) is 9.76. The highest BCUT2D eigenvalue weighted by atomic mass is 19.4. The van der Waals surface area contributed by atoms with Crippen molar-refractivity contribution in [3.05, 3.63) is 23.9 Å². The Morgan fingerprint density at radius 2 is 2.00 bits per heavy atom. The summed E-state index contributed by atoms with van der Waals surface area (Å²) >= 11 is 0. The summed E-state index contributed by atoms with van der Waals surface area (Å²) in [5, 5.41) is 0. The van der Waals surface area contributed by atoms with E-state index in [1.54, 1.807) is 0 Å². The van der Waals surface area contributed by atoms with Crippen LogP contribution >= 0.6 is 0 Å². The second-order valence-corrected chi connectivity index (χ2v) is 2.19. The molecule has 13 heavy (non-hydrogen) atoms. The molecule has 0 aliphatic heterocycles. The lowest BCUT2D eigenvalue weighted by Crippen LogP contribution is -2.17. The van der Waals surface area contributed by atoms with E-state index in [1.807, 2.05) is 0 Å². The van der Waals surface area contributed by atoms with Gasteiger partial charge in [-0.15, -0.1) is 13.2 Å². The standard InChI is InChI=1S/C7H5F4NO/c8-3-5-1-2-6(12-4-5)13-7(9,10)11/h1-2,4H,3H2. The number of alkyl halides is 4. The molecule has 0 aliphatic rings. The summed E-state index contributed by atoms with van der Waals surface area (Å²) in [6.07, 6.45) is -3.77.